The molecule has 3 aliphatic rings. The summed E-state index contributed by atoms with van der Waals surface area (Å²) in [6, 6.07) is 0. The van der Waals surface area contributed by atoms with Crippen molar-refractivity contribution in [2.24, 2.45) is 5.73 Å². The van der Waals surface area contributed by atoms with Gasteiger partial charge in [-0.15, -0.1) is 0 Å². The van der Waals surface area contributed by atoms with Gasteiger partial charge < -0.3 is 65.1 Å². The van der Waals surface area contributed by atoms with Crippen molar-refractivity contribution in [2.45, 2.75) is 55.5 Å². The van der Waals surface area contributed by atoms with Crippen LogP contribution in [0.1, 0.15) is 12.6 Å². The smallest absolute Gasteiger partial charge is 0.274 e. The zero-order valence-corrected chi connectivity index (χ0v) is 24.1. The average Bonchev–Trinajstić information content (AvgIpc) is 3.61. The van der Waals surface area contributed by atoms with Gasteiger partial charge in [0.2, 0.25) is 5.91 Å². The van der Waals surface area contributed by atoms with E-state index >= 15 is 0 Å². The fraction of sp³-hybridized carbons (Fsp3) is 0.524. The fourth-order valence-electron chi connectivity index (χ4n) is 4.66. The molecule has 3 aliphatic heterocycles. The molecule has 0 aliphatic carbocycles. The highest BCUT2D eigenvalue weighted by Gasteiger charge is 2.47. The van der Waals surface area contributed by atoms with Crippen molar-refractivity contribution >= 4 is 38.5 Å². The molecule has 242 valence electrons. The van der Waals surface area contributed by atoms with E-state index in [-0.39, 0.29) is 29.0 Å². The second-order valence-electron chi connectivity index (χ2n) is 9.80. The highest BCUT2D eigenvalue weighted by molar-refractivity contribution is 7.59. The highest BCUT2D eigenvalue weighted by Crippen LogP contribution is 2.56. The first-order valence-corrected chi connectivity index (χ1v) is 15.6. The van der Waals surface area contributed by atoms with Gasteiger partial charge in [-0.05, 0) is 6.42 Å². The van der Waals surface area contributed by atoms with Gasteiger partial charge in [0, 0.05) is 18.0 Å². The van der Waals surface area contributed by atoms with E-state index in [9.17, 15) is 44.1 Å². The largest absolute Gasteiger partial charge is 0.756 e. The van der Waals surface area contributed by atoms with Gasteiger partial charge in [-0.3, -0.25) is 18.5 Å². The zero-order valence-electron chi connectivity index (χ0n) is 22.3. The number of rotatable bonds is 11. The van der Waals surface area contributed by atoms with E-state index in [0.717, 1.165) is 6.33 Å². The van der Waals surface area contributed by atoms with E-state index in [1.807, 2.05) is 0 Å². The van der Waals surface area contributed by atoms with Gasteiger partial charge in [-0.2, -0.15) is 0 Å². The molecule has 0 spiro atoms. The Balaban J connectivity index is 1.15. The minimum atomic E-state index is -5.68. The van der Waals surface area contributed by atoms with Crippen LogP contribution in [0.4, 0.5) is 5.82 Å². The Kier molecular flexibility index (Phi) is 9.23. The van der Waals surface area contributed by atoms with Crippen LogP contribution in [0.5, 0.6) is 0 Å². The van der Waals surface area contributed by atoms with Gasteiger partial charge in [0.1, 0.15) is 48.5 Å². The third-order valence-corrected chi connectivity index (χ3v) is 9.39. The van der Waals surface area contributed by atoms with Gasteiger partial charge in [0.05, 0.1) is 19.5 Å². The average molecular weight is 663 g/mol. The minimum absolute atomic E-state index is 0.0375. The SMILES string of the molecule is NC(=O)C1=CN([C@H]2O[C@@H](COP(=O)([O-])OP(=O)([O-])OC[C@H]3O[C@@H](n4cnc5c(N)ncnc54)[C@H](O)[C@@H]3O)[C@H](O)[C@@H]2O)C=CC1. The summed E-state index contributed by atoms with van der Waals surface area (Å²) in [4.78, 5) is 49.0. The van der Waals surface area contributed by atoms with Crippen LogP contribution in [0.2, 0.25) is 0 Å². The van der Waals surface area contributed by atoms with Gasteiger partial charge in [0.15, 0.2) is 23.9 Å². The number of amides is 1. The highest BCUT2D eigenvalue weighted by atomic mass is 31.3. The first kappa shape index (κ1) is 32.5. The van der Waals surface area contributed by atoms with E-state index in [2.05, 4.69) is 28.3 Å². The maximum Gasteiger partial charge on any atom is 0.274 e. The van der Waals surface area contributed by atoms with E-state index in [1.165, 1.54) is 28.2 Å². The molecule has 5 rings (SSSR count). The Morgan fingerprint density at radius 2 is 1.57 bits per heavy atom. The lowest BCUT2D eigenvalue weighted by Crippen LogP contribution is -2.40. The Morgan fingerprint density at radius 3 is 2.18 bits per heavy atom. The number of aromatic nitrogens is 4. The second kappa shape index (κ2) is 12.5. The molecule has 21 nitrogen and oxygen atoms in total. The van der Waals surface area contributed by atoms with Crippen LogP contribution in [-0.2, 0) is 36.8 Å². The molecule has 0 aromatic carbocycles. The maximum absolute atomic E-state index is 12.3. The van der Waals surface area contributed by atoms with Crippen LogP contribution in [0, 0.1) is 0 Å². The van der Waals surface area contributed by atoms with Gasteiger partial charge in [-0.1, -0.05) is 6.08 Å². The summed E-state index contributed by atoms with van der Waals surface area (Å²) < 4.78 is 49.9. The van der Waals surface area contributed by atoms with Crippen molar-refractivity contribution in [3.05, 3.63) is 36.7 Å². The summed E-state index contributed by atoms with van der Waals surface area (Å²) in [5.41, 5.74) is 11.5. The van der Waals surface area contributed by atoms with Crippen molar-refractivity contribution in [1.29, 1.82) is 0 Å². The lowest BCUT2D eigenvalue weighted by Gasteiger charge is -2.32. The molecule has 2 fully saturated rings. The number of allylic oxidation sites excluding steroid dienone is 1. The number of carbonyl (C=O) groups is 1. The molecule has 0 saturated carbocycles. The summed E-state index contributed by atoms with van der Waals surface area (Å²) in [6.45, 7) is -1.97. The van der Waals surface area contributed by atoms with E-state index < -0.39 is 83.8 Å². The number of carbonyl (C=O) groups excluding carboxylic acids is 1. The summed E-state index contributed by atoms with van der Waals surface area (Å²) in [7, 11) is -11.4. The molecule has 10 atom stereocenters. The van der Waals surface area contributed by atoms with Gasteiger partial charge >= 0.3 is 0 Å². The van der Waals surface area contributed by atoms with Gasteiger partial charge in [0.25, 0.3) is 15.6 Å². The molecule has 2 aromatic rings. The van der Waals surface area contributed by atoms with Crippen LogP contribution >= 0.6 is 15.6 Å². The van der Waals surface area contributed by atoms with Gasteiger partial charge in [-0.25, -0.2) is 19.3 Å². The number of fused-ring (bicyclic) bond motifs is 1. The van der Waals surface area contributed by atoms with E-state index in [1.54, 1.807) is 6.08 Å². The predicted octanol–water partition coefficient (Wildman–Crippen LogP) is -3.95. The lowest BCUT2D eigenvalue weighted by atomic mass is 10.1. The molecule has 2 aromatic heterocycles. The van der Waals surface area contributed by atoms with Crippen LogP contribution in [0.3, 0.4) is 0 Å². The number of hydrogen-bond donors (Lipinski definition) is 6. The van der Waals surface area contributed by atoms with Crippen molar-refractivity contribution in [3.63, 3.8) is 0 Å². The molecule has 0 radical (unpaired) electrons. The summed E-state index contributed by atoms with van der Waals surface area (Å²) in [5.74, 6) is -0.686. The molecular weight excluding hydrogens is 636 g/mol. The molecule has 23 heteroatoms. The third kappa shape index (κ3) is 6.70. The van der Waals surface area contributed by atoms with Crippen molar-refractivity contribution < 1.29 is 67.0 Å². The number of nitrogen functional groups attached to an aromatic ring is 1. The number of nitrogens with zero attached hydrogens (tertiary/aromatic N) is 5. The third-order valence-electron chi connectivity index (χ3n) is 6.86. The molecule has 5 heterocycles. The first-order valence-electron chi connectivity index (χ1n) is 12.7. The first-order chi connectivity index (χ1) is 20.7. The second-order valence-corrected chi connectivity index (χ2v) is 12.8. The number of ether oxygens (including phenoxy) is 2. The van der Waals surface area contributed by atoms with Crippen molar-refractivity contribution in [2.75, 3.05) is 18.9 Å². The summed E-state index contributed by atoms with van der Waals surface area (Å²) >= 11 is 0. The number of imidazole rings is 1. The lowest BCUT2D eigenvalue weighted by molar-refractivity contribution is -0.246. The molecule has 0 bridgehead atoms. The topological polar surface area (TPSA) is 323 Å². The maximum atomic E-state index is 12.3. The van der Waals surface area contributed by atoms with Crippen LogP contribution < -0.4 is 21.3 Å². The van der Waals surface area contributed by atoms with E-state index in [0.29, 0.717) is 0 Å². The monoisotopic (exact) mass is 663 g/mol. The Hall–Kier alpha value is -2.88. The molecule has 2 saturated heterocycles. The molecule has 2 unspecified atom stereocenters. The standard InChI is InChI=1S/C21H29N7O14P2/c22-17-12-19(25-7-24-17)28(8-26-12)21-16(32)14(30)11(41-21)6-39-44(36,37)42-43(34,35)38-5-10-13(29)15(31)20(40-10)27-3-1-2-9(4-27)18(23)33/h1,3-4,7-8,10-11,13-16,20-21,29-32H,2,5-6H2,(H2,23,33)(H,34,35)(H,36,37)(H2,22,24,25)/p-2/t10-,11+,13-,14+,15-,16+,20-,21+/m0/s1. The number of aliphatic hydroxyl groups is 4. The zero-order chi connectivity index (χ0) is 32.0. The summed E-state index contributed by atoms with van der Waals surface area (Å²) in [5, 5.41) is 41.5. The molecule has 1 amide bonds. The minimum Gasteiger partial charge on any atom is -0.756 e. The van der Waals surface area contributed by atoms with Crippen molar-refractivity contribution in [3.8, 4) is 0 Å². The summed E-state index contributed by atoms with van der Waals surface area (Å²) in [6.07, 6.45) is -5.32. The quantitative estimate of drug-likeness (QED) is 0.125. The molecular formula is C21H27N7O14P2-2. The Morgan fingerprint density at radius 1 is 0.977 bits per heavy atom. The van der Waals surface area contributed by atoms with Crippen LogP contribution in [0.15, 0.2) is 36.7 Å². The Labute approximate surface area is 247 Å². The predicted molar refractivity (Wildman–Crippen MR) is 137 cm³/mol. The van der Waals surface area contributed by atoms with Crippen LogP contribution in [0.25, 0.3) is 11.2 Å². The fourth-order valence-corrected chi connectivity index (χ4v) is 6.68. The number of hydrogen-bond acceptors (Lipinski definition) is 19. The normalized spacial score (nSPS) is 33.3. The van der Waals surface area contributed by atoms with Crippen LogP contribution in [-0.4, -0.2) is 107 Å². The number of nitrogens with two attached hydrogens (primary N) is 2. The number of phosphoric ester groups is 2. The number of primary amides is 1. The Bertz CT molecular complexity index is 1560. The van der Waals surface area contributed by atoms with E-state index in [4.69, 9.17) is 20.9 Å². The number of anilines is 1. The van der Waals surface area contributed by atoms with Crippen molar-refractivity contribution in [1.82, 2.24) is 24.4 Å². The number of phosphoric acid groups is 2. The molecule has 8 N–H and O–H groups in total. The molecule has 44 heavy (non-hydrogen) atoms. The number of aliphatic hydroxyl groups excluding tert-OH is 4.